The van der Waals surface area contributed by atoms with Gasteiger partial charge in [0.25, 0.3) is 11.8 Å². The van der Waals surface area contributed by atoms with E-state index in [0.717, 1.165) is 16.0 Å². The van der Waals surface area contributed by atoms with Gasteiger partial charge in [0.05, 0.1) is 5.69 Å². The van der Waals surface area contributed by atoms with Gasteiger partial charge in [-0.3, -0.25) is 9.59 Å². The summed E-state index contributed by atoms with van der Waals surface area (Å²) in [5.74, 6) is -1.03. The molecule has 1 N–H and O–H groups in total. The lowest BCUT2D eigenvalue weighted by atomic mass is 10.2. The first-order chi connectivity index (χ1) is 11.4. The Balaban J connectivity index is 1.95. The number of benzene rings is 2. The molecule has 2 aromatic rings. The van der Waals surface area contributed by atoms with Crippen molar-refractivity contribution in [1.82, 2.24) is 0 Å². The lowest BCUT2D eigenvalue weighted by Gasteiger charge is -2.17. The summed E-state index contributed by atoms with van der Waals surface area (Å²) in [6.45, 7) is 3.71. The molecule has 6 heteroatoms. The molecule has 0 saturated heterocycles. The van der Waals surface area contributed by atoms with Crippen LogP contribution in [0.3, 0.4) is 0 Å². The number of hydrogen-bond donors (Lipinski definition) is 1. The second-order valence-electron chi connectivity index (χ2n) is 5.51. The van der Waals surface area contributed by atoms with E-state index < -0.39 is 11.8 Å². The van der Waals surface area contributed by atoms with Gasteiger partial charge < -0.3 is 5.32 Å². The summed E-state index contributed by atoms with van der Waals surface area (Å²) in [6, 6.07) is 12.4. The number of carbonyl (C=O) groups excluding carboxylic acids is 2. The highest BCUT2D eigenvalue weighted by molar-refractivity contribution is 6.53. The summed E-state index contributed by atoms with van der Waals surface area (Å²) in [5, 5.41) is 3.33. The molecule has 0 aliphatic carbocycles. The number of anilines is 2. The minimum atomic E-state index is -0.545. The van der Waals surface area contributed by atoms with Crippen LogP contribution in [0.5, 0.6) is 0 Å². The Labute approximate surface area is 149 Å². The molecule has 122 valence electrons. The predicted molar refractivity (Wildman–Crippen MR) is 96.4 cm³/mol. The molecule has 0 aromatic heterocycles. The molecule has 1 aliphatic rings. The lowest BCUT2D eigenvalue weighted by Crippen LogP contribution is -2.32. The maximum Gasteiger partial charge on any atom is 0.283 e. The van der Waals surface area contributed by atoms with Crippen LogP contribution in [-0.2, 0) is 9.59 Å². The maximum absolute atomic E-state index is 12.7. The van der Waals surface area contributed by atoms with Crippen LogP contribution in [0.25, 0.3) is 0 Å². The van der Waals surface area contributed by atoms with Gasteiger partial charge in [0.2, 0.25) is 0 Å². The van der Waals surface area contributed by atoms with Crippen molar-refractivity contribution in [2.75, 3.05) is 10.2 Å². The summed E-state index contributed by atoms with van der Waals surface area (Å²) >= 11 is 12.2. The number of aryl methyl sites for hydroxylation is 2. The topological polar surface area (TPSA) is 49.4 Å². The van der Waals surface area contributed by atoms with E-state index in [1.807, 2.05) is 32.0 Å². The average Bonchev–Trinajstić information content (AvgIpc) is 2.76. The zero-order valence-electron chi connectivity index (χ0n) is 13.1. The molecule has 0 fully saturated rings. The van der Waals surface area contributed by atoms with Crippen LogP contribution in [0.1, 0.15) is 11.1 Å². The Kier molecular flexibility index (Phi) is 4.35. The van der Waals surface area contributed by atoms with Crippen molar-refractivity contribution in [1.29, 1.82) is 0 Å². The smallest absolute Gasteiger partial charge is 0.283 e. The Morgan fingerprint density at radius 3 is 2.29 bits per heavy atom. The first-order valence-electron chi connectivity index (χ1n) is 7.27. The Morgan fingerprint density at radius 2 is 1.62 bits per heavy atom. The van der Waals surface area contributed by atoms with E-state index in [4.69, 9.17) is 23.2 Å². The largest absolute Gasteiger partial charge is 0.350 e. The number of amides is 2. The average molecular weight is 361 g/mol. The third-order valence-electron chi connectivity index (χ3n) is 3.82. The maximum atomic E-state index is 12.7. The molecule has 0 spiro atoms. The lowest BCUT2D eigenvalue weighted by molar-refractivity contribution is -0.120. The van der Waals surface area contributed by atoms with E-state index in [1.165, 1.54) is 0 Å². The van der Waals surface area contributed by atoms with Crippen molar-refractivity contribution in [2.45, 2.75) is 13.8 Å². The van der Waals surface area contributed by atoms with Gasteiger partial charge in [-0.15, -0.1) is 0 Å². The van der Waals surface area contributed by atoms with Gasteiger partial charge in [-0.05, 0) is 43.2 Å². The SMILES string of the molecule is Cc1ccc(NC2=C(Cl)C(=O)N(c3ccccc3C)C2=O)cc1Cl. The first-order valence-corrected chi connectivity index (χ1v) is 8.03. The number of imide groups is 1. The van der Waals surface area contributed by atoms with Crippen molar-refractivity contribution in [3.63, 3.8) is 0 Å². The Bertz CT molecular complexity index is 890. The van der Waals surface area contributed by atoms with Crippen LogP contribution >= 0.6 is 23.2 Å². The van der Waals surface area contributed by atoms with Crippen molar-refractivity contribution in [2.24, 2.45) is 0 Å². The zero-order valence-corrected chi connectivity index (χ0v) is 14.6. The summed E-state index contributed by atoms with van der Waals surface area (Å²) < 4.78 is 0. The van der Waals surface area contributed by atoms with Crippen LogP contribution in [0.2, 0.25) is 5.02 Å². The second-order valence-corrected chi connectivity index (χ2v) is 6.30. The summed E-state index contributed by atoms with van der Waals surface area (Å²) in [4.78, 5) is 26.2. The number of nitrogens with zero attached hydrogens (tertiary/aromatic N) is 1. The third-order valence-corrected chi connectivity index (χ3v) is 4.58. The summed E-state index contributed by atoms with van der Waals surface area (Å²) in [5.41, 5.74) is 2.88. The molecule has 4 nitrogen and oxygen atoms in total. The second kappa shape index (κ2) is 6.30. The highest BCUT2D eigenvalue weighted by atomic mass is 35.5. The fraction of sp³-hybridized carbons (Fsp3) is 0.111. The normalized spacial score (nSPS) is 14.6. The van der Waals surface area contributed by atoms with E-state index in [1.54, 1.807) is 24.3 Å². The quantitative estimate of drug-likeness (QED) is 0.825. The van der Waals surface area contributed by atoms with Gasteiger partial charge in [0.1, 0.15) is 10.7 Å². The highest BCUT2D eigenvalue weighted by Gasteiger charge is 2.39. The van der Waals surface area contributed by atoms with E-state index in [2.05, 4.69) is 5.32 Å². The first kappa shape index (κ1) is 16.6. The number of para-hydroxylation sites is 1. The molecule has 0 radical (unpaired) electrons. The number of halogens is 2. The molecule has 1 aliphatic heterocycles. The Hall–Kier alpha value is -2.30. The van der Waals surface area contributed by atoms with Crippen molar-refractivity contribution in [3.05, 3.63) is 69.3 Å². The van der Waals surface area contributed by atoms with Crippen molar-refractivity contribution in [3.8, 4) is 0 Å². The Morgan fingerprint density at radius 1 is 0.917 bits per heavy atom. The number of nitrogens with one attached hydrogen (secondary N) is 1. The van der Waals surface area contributed by atoms with Crippen LogP contribution in [0.4, 0.5) is 11.4 Å². The fourth-order valence-electron chi connectivity index (χ4n) is 2.46. The molecule has 1 heterocycles. The monoisotopic (exact) mass is 360 g/mol. The van der Waals surface area contributed by atoms with Gasteiger partial charge in [-0.2, -0.15) is 0 Å². The predicted octanol–water partition coefficient (Wildman–Crippen LogP) is 4.39. The molecule has 0 atom stereocenters. The van der Waals surface area contributed by atoms with Gasteiger partial charge in [-0.1, -0.05) is 47.5 Å². The van der Waals surface area contributed by atoms with Crippen LogP contribution in [0, 0.1) is 13.8 Å². The van der Waals surface area contributed by atoms with Gasteiger partial charge >= 0.3 is 0 Å². The molecule has 3 rings (SSSR count). The molecule has 0 bridgehead atoms. The molecule has 0 saturated carbocycles. The molecule has 2 aromatic carbocycles. The number of carbonyl (C=O) groups is 2. The summed E-state index contributed by atoms with van der Waals surface area (Å²) in [7, 11) is 0. The standard InChI is InChI=1S/C18H14Cl2N2O2/c1-10-7-8-12(9-13(10)19)21-16-15(20)17(23)22(18(16)24)14-6-4-3-5-11(14)2/h3-9,21H,1-2H3. The van der Waals surface area contributed by atoms with E-state index in [0.29, 0.717) is 16.4 Å². The van der Waals surface area contributed by atoms with Crippen molar-refractivity contribution < 1.29 is 9.59 Å². The fourth-order valence-corrected chi connectivity index (χ4v) is 2.85. The van der Waals surface area contributed by atoms with E-state index in [9.17, 15) is 9.59 Å². The third kappa shape index (κ3) is 2.79. The molecular formula is C18H14Cl2N2O2. The molecular weight excluding hydrogens is 347 g/mol. The number of hydrogen-bond acceptors (Lipinski definition) is 3. The van der Waals surface area contributed by atoms with Crippen molar-refractivity contribution >= 4 is 46.4 Å². The van der Waals surface area contributed by atoms with E-state index >= 15 is 0 Å². The van der Waals surface area contributed by atoms with E-state index in [-0.39, 0.29) is 10.7 Å². The van der Waals surface area contributed by atoms with Gasteiger partial charge in [0.15, 0.2) is 0 Å². The number of rotatable bonds is 3. The van der Waals surface area contributed by atoms with Gasteiger partial charge in [-0.25, -0.2) is 4.90 Å². The van der Waals surface area contributed by atoms with Gasteiger partial charge in [0, 0.05) is 10.7 Å². The van der Waals surface area contributed by atoms with Crippen LogP contribution in [-0.4, -0.2) is 11.8 Å². The minimum Gasteiger partial charge on any atom is -0.350 e. The molecule has 0 unspecified atom stereocenters. The summed E-state index contributed by atoms with van der Waals surface area (Å²) in [6.07, 6.45) is 0. The van der Waals surface area contributed by atoms with Crippen LogP contribution in [0.15, 0.2) is 53.2 Å². The highest BCUT2D eigenvalue weighted by Crippen LogP contribution is 2.32. The molecule has 2 amide bonds. The zero-order chi connectivity index (χ0) is 17.4. The minimum absolute atomic E-state index is 0.0461. The van der Waals surface area contributed by atoms with Crippen LogP contribution < -0.4 is 10.2 Å². The molecule has 24 heavy (non-hydrogen) atoms.